The molecule has 13 nitrogen and oxygen atoms in total. The summed E-state index contributed by atoms with van der Waals surface area (Å²) in [5.74, 6) is -4.12. The Labute approximate surface area is 177 Å². The van der Waals surface area contributed by atoms with E-state index in [1.807, 2.05) is 0 Å². The van der Waals surface area contributed by atoms with Gasteiger partial charge in [0.2, 0.25) is 23.6 Å². The highest BCUT2D eigenvalue weighted by Gasteiger charge is 2.30. The van der Waals surface area contributed by atoms with Gasteiger partial charge in [-0.25, -0.2) is 9.78 Å². The molecule has 4 amide bonds. The van der Waals surface area contributed by atoms with E-state index in [1.165, 1.54) is 19.4 Å². The molecule has 1 aliphatic rings. The van der Waals surface area contributed by atoms with Crippen molar-refractivity contribution in [3.8, 4) is 0 Å². The van der Waals surface area contributed by atoms with E-state index in [-0.39, 0.29) is 18.4 Å². The van der Waals surface area contributed by atoms with Crippen LogP contribution < -0.4 is 27.0 Å². The quantitative estimate of drug-likeness (QED) is 0.191. The summed E-state index contributed by atoms with van der Waals surface area (Å²) in [5, 5.41) is 19.5. The molecule has 1 aliphatic heterocycles. The zero-order valence-corrected chi connectivity index (χ0v) is 17.0. The Morgan fingerprint density at radius 3 is 2.45 bits per heavy atom. The third-order valence-electron chi connectivity index (χ3n) is 4.76. The highest BCUT2D eigenvalue weighted by atomic mass is 16.4. The van der Waals surface area contributed by atoms with Gasteiger partial charge in [-0.15, -0.1) is 0 Å². The minimum absolute atomic E-state index is 0.0225. The second-order valence-electron chi connectivity index (χ2n) is 7.29. The number of aliphatic carboxylic acids is 1. The first-order valence-corrected chi connectivity index (χ1v) is 9.80. The first-order chi connectivity index (χ1) is 14.7. The summed E-state index contributed by atoms with van der Waals surface area (Å²) in [6.45, 7) is 2.20. The van der Waals surface area contributed by atoms with Crippen LogP contribution in [0.1, 0.15) is 31.9 Å². The van der Waals surface area contributed by atoms with E-state index in [1.54, 1.807) is 0 Å². The van der Waals surface area contributed by atoms with Gasteiger partial charge in [0, 0.05) is 18.3 Å². The Hall–Kier alpha value is -3.48. The molecular weight excluding hydrogens is 410 g/mol. The summed E-state index contributed by atoms with van der Waals surface area (Å²) in [6.07, 6.45) is 3.73. The summed E-state index contributed by atoms with van der Waals surface area (Å²) >= 11 is 0. The zero-order chi connectivity index (χ0) is 23.0. The van der Waals surface area contributed by atoms with Gasteiger partial charge >= 0.3 is 5.97 Å². The van der Waals surface area contributed by atoms with E-state index < -0.39 is 48.2 Å². The lowest BCUT2D eigenvalue weighted by atomic mass is 10.1. The van der Waals surface area contributed by atoms with Gasteiger partial charge in [-0.3, -0.25) is 19.2 Å². The minimum atomic E-state index is -1.54. The van der Waals surface area contributed by atoms with Gasteiger partial charge in [0.1, 0.15) is 18.1 Å². The van der Waals surface area contributed by atoms with Crippen molar-refractivity contribution in [1.82, 2.24) is 31.2 Å². The Balaban J connectivity index is 2.04. The SMILES string of the molecule is CC(NC(=O)C1CCCN1)C(=O)NC(Cc1cnc[nH]1)C(=O)NC(CC(N)=O)C(=O)O. The van der Waals surface area contributed by atoms with Crippen LogP contribution in [0, 0.1) is 0 Å². The maximum absolute atomic E-state index is 12.7. The average Bonchev–Trinajstić information content (AvgIpc) is 3.40. The van der Waals surface area contributed by atoms with Crippen LogP contribution >= 0.6 is 0 Å². The summed E-state index contributed by atoms with van der Waals surface area (Å²) in [4.78, 5) is 66.5. The van der Waals surface area contributed by atoms with Gasteiger partial charge in [-0.1, -0.05) is 0 Å². The molecule has 2 rings (SSSR count). The third-order valence-corrected chi connectivity index (χ3v) is 4.76. The number of rotatable bonds is 11. The maximum atomic E-state index is 12.7. The number of nitrogens with one attached hydrogen (secondary N) is 5. The average molecular weight is 437 g/mol. The topological polar surface area (TPSA) is 208 Å². The van der Waals surface area contributed by atoms with Gasteiger partial charge < -0.3 is 37.1 Å². The Bertz CT molecular complexity index is 806. The molecule has 170 valence electrons. The summed E-state index contributed by atoms with van der Waals surface area (Å²) in [5.41, 5.74) is 5.54. The van der Waals surface area contributed by atoms with Crippen molar-refractivity contribution in [3.05, 3.63) is 18.2 Å². The molecule has 1 aromatic heterocycles. The molecule has 13 heteroatoms. The lowest BCUT2D eigenvalue weighted by molar-refractivity contribution is -0.143. The van der Waals surface area contributed by atoms with Crippen molar-refractivity contribution in [2.45, 2.75) is 56.8 Å². The van der Waals surface area contributed by atoms with Crippen molar-refractivity contribution in [2.24, 2.45) is 5.73 Å². The Morgan fingerprint density at radius 1 is 1.19 bits per heavy atom. The number of amides is 4. The Morgan fingerprint density at radius 2 is 1.90 bits per heavy atom. The van der Waals surface area contributed by atoms with Gasteiger partial charge in [-0.2, -0.15) is 0 Å². The van der Waals surface area contributed by atoms with Gasteiger partial charge in [0.05, 0.1) is 18.8 Å². The molecule has 0 aliphatic carbocycles. The van der Waals surface area contributed by atoms with Crippen LogP contribution in [0.25, 0.3) is 0 Å². The highest BCUT2D eigenvalue weighted by molar-refractivity contribution is 5.94. The lowest BCUT2D eigenvalue weighted by Crippen LogP contribution is -2.57. The number of imidazole rings is 1. The molecular formula is C18H27N7O6. The first-order valence-electron chi connectivity index (χ1n) is 9.80. The van der Waals surface area contributed by atoms with Crippen LogP contribution in [0.3, 0.4) is 0 Å². The fourth-order valence-electron chi connectivity index (χ4n) is 3.08. The lowest BCUT2D eigenvalue weighted by Gasteiger charge is -2.23. The van der Waals surface area contributed by atoms with E-state index in [4.69, 9.17) is 5.73 Å². The normalized spacial score (nSPS) is 18.4. The maximum Gasteiger partial charge on any atom is 0.326 e. The fourth-order valence-corrected chi connectivity index (χ4v) is 3.08. The number of nitrogens with zero attached hydrogens (tertiary/aromatic N) is 1. The number of primary amides is 1. The second kappa shape index (κ2) is 11.1. The van der Waals surface area contributed by atoms with Crippen LogP contribution in [0.4, 0.5) is 0 Å². The summed E-state index contributed by atoms with van der Waals surface area (Å²) < 4.78 is 0. The third kappa shape index (κ3) is 7.37. The monoisotopic (exact) mass is 437 g/mol. The smallest absolute Gasteiger partial charge is 0.326 e. The summed E-state index contributed by atoms with van der Waals surface area (Å²) in [6, 6.07) is -4.04. The predicted molar refractivity (Wildman–Crippen MR) is 106 cm³/mol. The van der Waals surface area contributed by atoms with Crippen molar-refractivity contribution >= 4 is 29.6 Å². The predicted octanol–water partition coefficient (Wildman–Crippen LogP) is -2.86. The van der Waals surface area contributed by atoms with Crippen LogP contribution in [0.15, 0.2) is 12.5 Å². The van der Waals surface area contributed by atoms with E-state index in [0.717, 1.165) is 13.0 Å². The van der Waals surface area contributed by atoms with Crippen molar-refractivity contribution in [1.29, 1.82) is 0 Å². The van der Waals surface area contributed by atoms with E-state index >= 15 is 0 Å². The molecule has 1 fully saturated rings. The number of carboxylic acids is 1. The number of carboxylic acid groups (broad SMARTS) is 1. The second-order valence-corrected chi connectivity index (χ2v) is 7.29. The largest absolute Gasteiger partial charge is 0.480 e. The molecule has 0 bridgehead atoms. The van der Waals surface area contributed by atoms with Crippen LogP contribution in [0.5, 0.6) is 0 Å². The number of nitrogens with two attached hydrogens (primary N) is 1. The molecule has 1 saturated heterocycles. The number of aromatic nitrogens is 2. The first kappa shape index (κ1) is 23.8. The van der Waals surface area contributed by atoms with E-state index in [0.29, 0.717) is 12.1 Å². The Kier molecular flexibility index (Phi) is 8.49. The highest BCUT2D eigenvalue weighted by Crippen LogP contribution is 2.06. The molecule has 8 N–H and O–H groups in total. The zero-order valence-electron chi connectivity index (χ0n) is 17.0. The van der Waals surface area contributed by atoms with Crippen molar-refractivity contribution < 1.29 is 29.1 Å². The van der Waals surface area contributed by atoms with Gasteiger partial charge in [0.25, 0.3) is 0 Å². The van der Waals surface area contributed by atoms with Gasteiger partial charge in [-0.05, 0) is 26.3 Å². The number of H-pyrrole nitrogens is 1. The van der Waals surface area contributed by atoms with Crippen molar-refractivity contribution in [2.75, 3.05) is 6.54 Å². The molecule has 0 aromatic carbocycles. The van der Waals surface area contributed by atoms with Crippen LogP contribution in [-0.4, -0.2) is 75.4 Å². The number of hydrogen-bond donors (Lipinski definition) is 7. The molecule has 4 atom stereocenters. The number of aromatic amines is 1. The fraction of sp³-hybridized carbons (Fsp3) is 0.556. The number of carbonyl (C=O) groups excluding carboxylic acids is 4. The minimum Gasteiger partial charge on any atom is -0.480 e. The van der Waals surface area contributed by atoms with E-state index in [9.17, 15) is 29.1 Å². The van der Waals surface area contributed by atoms with Gasteiger partial charge in [0.15, 0.2) is 0 Å². The van der Waals surface area contributed by atoms with Crippen LogP contribution in [0.2, 0.25) is 0 Å². The molecule has 0 radical (unpaired) electrons. The van der Waals surface area contributed by atoms with E-state index in [2.05, 4.69) is 31.2 Å². The molecule has 0 saturated carbocycles. The standard InChI is InChI=1S/C18H27N7O6/c1-9(23-16(28)11-3-2-4-21-11)15(27)24-12(5-10-7-20-8-22-10)17(29)25-13(18(30)31)6-14(19)26/h7-9,11-13,21H,2-6H2,1H3,(H2,19,26)(H,20,22)(H,23,28)(H,24,27)(H,25,29)(H,30,31). The number of hydrogen-bond acceptors (Lipinski definition) is 7. The molecule has 4 unspecified atom stereocenters. The molecule has 2 heterocycles. The molecule has 0 spiro atoms. The van der Waals surface area contributed by atoms with Crippen molar-refractivity contribution in [3.63, 3.8) is 0 Å². The molecule has 1 aromatic rings. The van der Waals surface area contributed by atoms with Crippen LogP contribution in [-0.2, 0) is 30.4 Å². The summed E-state index contributed by atoms with van der Waals surface area (Å²) in [7, 11) is 0. The molecule has 31 heavy (non-hydrogen) atoms. The number of carbonyl (C=O) groups is 5.